The van der Waals surface area contributed by atoms with Gasteiger partial charge < -0.3 is 5.73 Å². The van der Waals surface area contributed by atoms with E-state index in [2.05, 4.69) is 0 Å². The molecule has 0 aliphatic carbocycles. The van der Waals surface area contributed by atoms with Gasteiger partial charge in [-0.15, -0.1) is 0 Å². The van der Waals surface area contributed by atoms with E-state index < -0.39 is 11.2 Å². The van der Waals surface area contributed by atoms with Crippen molar-refractivity contribution >= 4 is 52.5 Å². The van der Waals surface area contributed by atoms with Gasteiger partial charge in [-0.3, -0.25) is 14.5 Å². The predicted octanol–water partition coefficient (Wildman–Crippen LogP) is 4.21. The Labute approximate surface area is 176 Å². The fourth-order valence-corrected chi connectivity index (χ4v) is 4.59. The number of hydrogen-bond donors (Lipinski definition) is 1. The smallest absolute Gasteiger partial charge is 0.262 e. The number of nitriles is 1. The Kier molecular flexibility index (Phi) is 5.99. The van der Waals surface area contributed by atoms with Crippen molar-refractivity contribution in [3.8, 4) is 6.07 Å². The van der Waals surface area contributed by atoms with Crippen molar-refractivity contribution in [1.29, 1.82) is 5.26 Å². The van der Waals surface area contributed by atoms with E-state index in [-0.39, 0.29) is 16.5 Å². The molecule has 1 saturated heterocycles. The van der Waals surface area contributed by atoms with Gasteiger partial charge in [-0.2, -0.15) is 5.26 Å². The first kappa shape index (κ1) is 20.3. The van der Waals surface area contributed by atoms with Crippen molar-refractivity contribution in [2.24, 2.45) is 5.73 Å². The number of halogens is 2. The molecule has 3 rings (SSSR count). The molecule has 0 radical (unpaired) electrons. The van der Waals surface area contributed by atoms with Crippen molar-refractivity contribution in [1.82, 2.24) is 0 Å². The Hall–Kier alpha value is -2.46. The normalized spacial score (nSPS) is 18.1. The summed E-state index contributed by atoms with van der Waals surface area (Å²) in [5.74, 6) is -1.13. The number of nitrogens with zero attached hydrogens (tertiary/aromatic N) is 2. The summed E-state index contributed by atoms with van der Waals surface area (Å²) in [6, 6.07) is 14.1. The molecule has 2 N–H and O–H groups in total. The topological polar surface area (TPSA) is 87.2 Å². The number of anilines is 1. The summed E-state index contributed by atoms with van der Waals surface area (Å²) in [6.07, 6.45) is 0.298. The van der Waals surface area contributed by atoms with Gasteiger partial charge in [0.1, 0.15) is 16.7 Å². The van der Waals surface area contributed by atoms with Crippen LogP contribution < -0.4 is 10.6 Å². The SMILES string of the molecule is Cc1cccc(N2C(=O)[C@@H](Cc3cc(Cl)ccc3Cl)S/C2=C(\C#N)C(N)=O)c1. The molecule has 28 heavy (non-hydrogen) atoms. The standard InChI is InChI=1S/C20H15Cl2N3O2S/c1-11-3-2-4-14(7-11)25-19(27)17(28-20(25)15(10-23)18(24)26)9-12-8-13(21)5-6-16(12)22/h2-8,17H,9H2,1H3,(H2,24,26)/b20-15+/t17-/m1/s1. The van der Waals surface area contributed by atoms with Crippen LogP contribution >= 0.6 is 35.0 Å². The summed E-state index contributed by atoms with van der Waals surface area (Å²) < 4.78 is 0. The maximum atomic E-state index is 13.2. The second-order valence-electron chi connectivity index (χ2n) is 6.22. The third-order valence-electron chi connectivity index (χ3n) is 4.20. The molecule has 1 aliphatic rings. The van der Waals surface area contributed by atoms with Crippen molar-refractivity contribution in [3.63, 3.8) is 0 Å². The highest BCUT2D eigenvalue weighted by molar-refractivity contribution is 8.05. The average molecular weight is 432 g/mol. The quantitative estimate of drug-likeness (QED) is 0.579. The number of rotatable bonds is 4. The fourth-order valence-electron chi connectivity index (χ4n) is 2.90. The first-order chi connectivity index (χ1) is 13.3. The molecule has 0 unspecified atom stereocenters. The number of amides is 2. The molecule has 0 spiro atoms. The van der Waals surface area contributed by atoms with Gasteiger partial charge in [-0.1, -0.05) is 47.1 Å². The first-order valence-electron chi connectivity index (χ1n) is 8.27. The Morgan fingerprint density at radius 2 is 2.04 bits per heavy atom. The highest BCUT2D eigenvalue weighted by Gasteiger charge is 2.40. The van der Waals surface area contributed by atoms with Crippen LogP contribution in [0, 0.1) is 18.3 Å². The number of carbonyl (C=O) groups excluding carboxylic acids is 2. The van der Waals surface area contributed by atoms with Gasteiger partial charge in [0.25, 0.3) is 5.91 Å². The second-order valence-corrected chi connectivity index (χ2v) is 8.25. The van der Waals surface area contributed by atoms with Crippen LogP contribution in [0.4, 0.5) is 5.69 Å². The maximum absolute atomic E-state index is 13.2. The van der Waals surface area contributed by atoms with Crippen LogP contribution in [0.1, 0.15) is 11.1 Å². The van der Waals surface area contributed by atoms with Gasteiger partial charge in [0.15, 0.2) is 0 Å². The third kappa shape index (κ3) is 4.02. The molecule has 1 fully saturated rings. The van der Waals surface area contributed by atoms with Gasteiger partial charge in [-0.05, 0) is 54.8 Å². The first-order valence-corrected chi connectivity index (χ1v) is 9.90. The van der Waals surface area contributed by atoms with Crippen LogP contribution in [0.5, 0.6) is 0 Å². The van der Waals surface area contributed by atoms with Crippen molar-refractivity contribution in [2.75, 3.05) is 4.90 Å². The molecule has 1 aliphatic heterocycles. The van der Waals surface area contributed by atoms with Crippen LogP contribution in [0.2, 0.25) is 10.0 Å². The van der Waals surface area contributed by atoms with Crippen molar-refractivity contribution < 1.29 is 9.59 Å². The fraction of sp³-hybridized carbons (Fsp3) is 0.150. The lowest BCUT2D eigenvalue weighted by molar-refractivity contribution is -0.117. The van der Waals surface area contributed by atoms with Crippen LogP contribution in [0.25, 0.3) is 0 Å². The number of hydrogen-bond acceptors (Lipinski definition) is 4. The number of aryl methyl sites for hydroxylation is 1. The minimum atomic E-state index is -0.878. The molecule has 0 saturated carbocycles. The molecule has 0 aromatic heterocycles. The van der Waals surface area contributed by atoms with Crippen LogP contribution in [-0.4, -0.2) is 17.1 Å². The number of nitrogens with two attached hydrogens (primary N) is 1. The summed E-state index contributed by atoms with van der Waals surface area (Å²) in [5.41, 5.74) is 7.35. The third-order valence-corrected chi connectivity index (χ3v) is 6.06. The number of carbonyl (C=O) groups is 2. The largest absolute Gasteiger partial charge is 0.365 e. The summed E-state index contributed by atoms with van der Waals surface area (Å²) >= 11 is 13.4. The van der Waals surface area contributed by atoms with Gasteiger partial charge in [0.2, 0.25) is 5.91 Å². The van der Waals surface area contributed by atoms with Gasteiger partial charge in [0.05, 0.1) is 5.25 Å². The molecule has 0 bridgehead atoms. The zero-order valence-corrected chi connectivity index (χ0v) is 17.1. The highest BCUT2D eigenvalue weighted by atomic mass is 35.5. The molecular weight excluding hydrogens is 417 g/mol. The molecule has 5 nitrogen and oxygen atoms in total. The van der Waals surface area contributed by atoms with E-state index >= 15 is 0 Å². The van der Waals surface area contributed by atoms with Gasteiger partial charge >= 0.3 is 0 Å². The zero-order valence-electron chi connectivity index (χ0n) is 14.8. The van der Waals surface area contributed by atoms with E-state index in [0.29, 0.717) is 27.7 Å². The monoisotopic (exact) mass is 431 g/mol. The highest BCUT2D eigenvalue weighted by Crippen LogP contribution is 2.42. The summed E-state index contributed by atoms with van der Waals surface area (Å²) in [7, 11) is 0. The van der Waals surface area contributed by atoms with E-state index in [4.69, 9.17) is 28.9 Å². The zero-order chi connectivity index (χ0) is 20.4. The van der Waals surface area contributed by atoms with Crippen LogP contribution in [-0.2, 0) is 16.0 Å². The Bertz CT molecular complexity index is 1050. The Morgan fingerprint density at radius 1 is 1.29 bits per heavy atom. The summed E-state index contributed by atoms with van der Waals surface area (Å²) in [5, 5.41) is 10.1. The van der Waals surface area contributed by atoms with Crippen molar-refractivity contribution in [2.45, 2.75) is 18.6 Å². The van der Waals surface area contributed by atoms with E-state index in [1.165, 1.54) is 4.90 Å². The van der Waals surface area contributed by atoms with E-state index in [0.717, 1.165) is 17.3 Å². The summed E-state index contributed by atoms with van der Waals surface area (Å²) in [4.78, 5) is 26.4. The minimum absolute atomic E-state index is 0.230. The van der Waals surface area contributed by atoms with E-state index in [1.807, 2.05) is 25.1 Å². The molecule has 2 aromatic carbocycles. The minimum Gasteiger partial charge on any atom is -0.365 e. The molecular formula is C20H15Cl2N3O2S. The average Bonchev–Trinajstić information content (AvgIpc) is 2.94. The number of benzene rings is 2. The molecule has 2 amide bonds. The second kappa shape index (κ2) is 8.27. The van der Waals surface area contributed by atoms with Crippen molar-refractivity contribution in [3.05, 3.63) is 74.2 Å². The number of primary amides is 1. The lowest BCUT2D eigenvalue weighted by Crippen LogP contribution is -2.31. The predicted molar refractivity (Wildman–Crippen MR) is 112 cm³/mol. The molecule has 142 valence electrons. The van der Waals surface area contributed by atoms with Gasteiger partial charge in [0, 0.05) is 15.7 Å². The maximum Gasteiger partial charge on any atom is 0.262 e. The molecule has 1 heterocycles. The lowest BCUT2D eigenvalue weighted by Gasteiger charge is -2.18. The molecule has 8 heteroatoms. The van der Waals surface area contributed by atoms with Crippen LogP contribution in [0.3, 0.4) is 0 Å². The molecule has 1 atom stereocenters. The summed E-state index contributed by atoms with van der Waals surface area (Å²) in [6.45, 7) is 1.89. The van der Waals surface area contributed by atoms with Crippen LogP contribution in [0.15, 0.2) is 53.1 Å². The Balaban J connectivity index is 2.07. The van der Waals surface area contributed by atoms with E-state index in [1.54, 1.807) is 30.3 Å². The van der Waals surface area contributed by atoms with E-state index in [9.17, 15) is 14.9 Å². The molecule has 2 aromatic rings. The van der Waals surface area contributed by atoms with Gasteiger partial charge in [-0.25, -0.2) is 0 Å². The Morgan fingerprint density at radius 3 is 2.68 bits per heavy atom. The number of thioether (sulfide) groups is 1. The lowest BCUT2D eigenvalue weighted by atomic mass is 10.1.